The predicted molar refractivity (Wildman–Crippen MR) is 96.7 cm³/mol. The number of aryl methyl sites for hydroxylation is 1. The maximum Gasteiger partial charge on any atom is 0.270 e. The molecule has 0 aliphatic carbocycles. The molecule has 2 aromatic carbocycles. The number of nitrogens with one attached hydrogen (secondary N) is 1. The number of hydrogen-bond donors (Lipinski definition) is 1. The quantitative estimate of drug-likeness (QED) is 0.650. The maximum absolute atomic E-state index is 12.9. The summed E-state index contributed by atoms with van der Waals surface area (Å²) in [4.78, 5) is 10.3. The van der Waals surface area contributed by atoms with Crippen LogP contribution < -0.4 is 9.46 Å². The number of hydrogen-bond acceptors (Lipinski definition) is 5. The average molecular weight is 376 g/mol. The van der Waals surface area contributed by atoms with Gasteiger partial charge in [-0.1, -0.05) is 24.3 Å². The minimum atomic E-state index is -3.95. The first-order valence-corrected chi connectivity index (χ1v) is 9.63. The molecule has 1 aliphatic heterocycles. The Balaban J connectivity index is 2.00. The summed E-state index contributed by atoms with van der Waals surface area (Å²) in [5.74, 6) is 0.632. The first-order valence-electron chi connectivity index (χ1n) is 8.14. The van der Waals surface area contributed by atoms with Gasteiger partial charge in [0.2, 0.25) is 10.0 Å². The number of fused-ring (bicyclic) bond motifs is 1. The van der Waals surface area contributed by atoms with E-state index in [1.54, 1.807) is 13.0 Å². The zero-order valence-electron chi connectivity index (χ0n) is 14.7. The van der Waals surface area contributed by atoms with Crippen molar-refractivity contribution in [2.24, 2.45) is 0 Å². The summed E-state index contributed by atoms with van der Waals surface area (Å²) in [7, 11) is -3.95. The van der Waals surface area contributed by atoms with Crippen molar-refractivity contribution < 1.29 is 18.1 Å². The molecule has 0 saturated carbocycles. The van der Waals surface area contributed by atoms with Crippen molar-refractivity contribution >= 4 is 15.7 Å². The third kappa shape index (κ3) is 3.56. The minimum absolute atomic E-state index is 0.0894. The number of sulfonamides is 1. The van der Waals surface area contributed by atoms with Gasteiger partial charge >= 0.3 is 0 Å². The van der Waals surface area contributed by atoms with Gasteiger partial charge in [-0.15, -0.1) is 0 Å². The summed E-state index contributed by atoms with van der Waals surface area (Å²) in [5, 5.41) is 11.0. The van der Waals surface area contributed by atoms with Crippen LogP contribution in [0.5, 0.6) is 5.75 Å². The largest absolute Gasteiger partial charge is 0.487 e. The van der Waals surface area contributed by atoms with E-state index in [0.29, 0.717) is 17.7 Å². The molecule has 26 heavy (non-hydrogen) atoms. The monoisotopic (exact) mass is 376 g/mol. The van der Waals surface area contributed by atoms with Crippen molar-refractivity contribution in [1.82, 2.24) is 4.72 Å². The Morgan fingerprint density at radius 2 is 1.92 bits per heavy atom. The zero-order valence-corrected chi connectivity index (χ0v) is 15.5. The van der Waals surface area contributed by atoms with Crippen LogP contribution in [0.3, 0.4) is 0 Å². The molecule has 2 aromatic rings. The van der Waals surface area contributed by atoms with Crippen LogP contribution in [0.15, 0.2) is 47.4 Å². The van der Waals surface area contributed by atoms with Gasteiger partial charge in [0.15, 0.2) is 0 Å². The summed E-state index contributed by atoms with van der Waals surface area (Å²) in [5.41, 5.74) is 0.393. The Hall–Kier alpha value is -2.45. The van der Waals surface area contributed by atoms with Crippen LogP contribution in [0, 0.1) is 17.0 Å². The second-order valence-electron chi connectivity index (χ2n) is 6.98. The van der Waals surface area contributed by atoms with Crippen LogP contribution in [-0.2, 0) is 10.0 Å². The fourth-order valence-corrected chi connectivity index (χ4v) is 4.63. The maximum atomic E-state index is 12.9. The van der Waals surface area contributed by atoms with E-state index in [2.05, 4.69) is 4.72 Å². The van der Waals surface area contributed by atoms with Gasteiger partial charge in [0.05, 0.1) is 15.9 Å². The van der Waals surface area contributed by atoms with Gasteiger partial charge in [-0.3, -0.25) is 10.1 Å². The van der Waals surface area contributed by atoms with Crippen molar-refractivity contribution in [3.8, 4) is 5.75 Å². The number of non-ortho nitro benzene ring substituents is 1. The van der Waals surface area contributed by atoms with Crippen molar-refractivity contribution in [3.05, 3.63) is 63.7 Å². The summed E-state index contributed by atoms with van der Waals surface area (Å²) in [6.45, 7) is 5.39. The first-order chi connectivity index (χ1) is 12.1. The summed E-state index contributed by atoms with van der Waals surface area (Å²) in [6.07, 6.45) is 0.442. The van der Waals surface area contributed by atoms with Crippen LogP contribution in [-0.4, -0.2) is 18.9 Å². The molecule has 3 rings (SSSR count). The van der Waals surface area contributed by atoms with E-state index < -0.39 is 26.6 Å². The molecule has 0 fully saturated rings. The summed E-state index contributed by atoms with van der Waals surface area (Å²) in [6, 6.07) is 10.6. The van der Waals surface area contributed by atoms with Gasteiger partial charge in [0.1, 0.15) is 11.4 Å². The molecule has 1 heterocycles. The fraction of sp³-hybridized carbons (Fsp3) is 0.333. The van der Waals surface area contributed by atoms with Crippen LogP contribution in [0.1, 0.15) is 37.4 Å². The number of nitro benzene ring substituents is 1. The van der Waals surface area contributed by atoms with Gasteiger partial charge < -0.3 is 4.74 Å². The summed E-state index contributed by atoms with van der Waals surface area (Å²) < 4.78 is 34.5. The molecule has 7 nitrogen and oxygen atoms in total. The van der Waals surface area contributed by atoms with Crippen molar-refractivity contribution in [2.45, 2.75) is 43.7 Å². The van der Waals surface area contributed by atoms with Crippen molar-refractivity contribution in [2.75, 3.05) is 0 Å². The molecule has 138 valence electrons. The Labute approximate surface area is 152 Å². The van der Waals surface area contributed by atoms with Crippen LogP contribution in [0.25, 0.3) is 0 Å². The van der Waals surface area contributed by atoms with Crippen molar-refractivity contribution in [3.63, 3.8) is 0 Å². The Kier molecular flexibility index (Phi) is 4.49. The molecular weight excluding hydrogens is 356 g/mol. The lowest BCUT2D eigenvalue weighted by atomic mass is 9.90. The van der Waals surface area contributed by atoms with E-state index in [0.717, 1.165) is 11.6 Å². The first kappa shape index (κ1) is 18.3. The minimum Gasteiger partial charge on any atom is -0.487 e. The second-order valence-corrected chi connectivity index (χ2v) is 8.67. The van der Waals surface area contributed by atoms with Crippen LogP contribution in [0.2, 0.25) is 0 Å². The lowest BCUT2D eigenvalue weighted by Gasteiger charge is -2.37. The number of nitrogens with zero attached hydrogens (tertiary/aromatic N) is 1. The summed E-state index contributed by atoms with van der Waals surface area (Å²) >= 11 is 0. The molecule has 8 heteroatoms. The molecule has 1 atom stereocenters. The number of benzene rings is 2. The normalized spacial score (nSPS) is 18.7. The SMILES string of the molecule is Cc1ccc([N+](=O)[O-])cc1S(=O)(=O)N[C@@H]1CC(C)(C)Oc2ccccc21. The fourth-order valence-electron chi connectivity index (χ4n) is 3.15. The van der Waals surface area contributed by atoms with Gasteiger partial charge in [0.25, 0.3) is 5.69 Å². The van der Waals surface area contributed by atoms with Crippen LogP contribution >= 0.6 is 0 Å². The molecule has 0 aromatic heterocycles. The number of rotatable bonds is 4. The third-order valence-corrected chi connectivity index (χ3v) is 5.96. The Morgan fingerprint density at radius 3 is 2.62 bits per heavy atom. The van der Waals surface area contributed by atoms with E-state index in [4.69, 9.17) is 4.74 Å². The molecule has 1 N–H and O–H groups in total. The molecular formula is C18H20N2O5S. The van der Waals surface area contributed by atoms with E-state index in [9.17, 15) is 18.5 Å². The highest BCUT2D eigenvalue weighted by atomic mass is 32.2. The van der Waals surface area contributed by atoms with Crippen molar-refractivity contribution in [1.29, 1.82) is 0 Å². The van der Waals surface area contributed by atoms with E-state index >= 15 is 0 Å². The van der Waals surface area contributed by atoms with Gasteiger partial charge in [-0.25, -0.2) is 13.1 Å². The highest BCUT2D eigenvalue weighted by molar-refractivity contribution is 7.89. The average Bonchev–Trinajstić information content (AvgIpc) is 2.53. The van der Waals surface area contributed by atoms with Gasteiger partial charge in [0, 0.05) is 24.1 Å². The number of ether oxygens (including phenoxy) is 1. The zero-order chi connectivity index (χ0) is 19.1. The molecule has 0 spiro atoms. The van der Waals surface area contributed by atoms with E-state index in [1.807, 2.05) is 32.0 Å². The van der Waals surface area contributed by atoms with Gasteiger partial charge in [-0.2, -0.15) is 0 Å². The topological polar surface area (TPSA) is 98.5 Å². The van der Waals surface area contributed by atoms with Gasteiger partial charge in [-0.05, 0) is 32.4 Å². The second kappa shape index (κ2) is 6.37. The number of nitro groups is 1. The standard InChI is InChI=1S/C18H20N2O5S/c1-12-8-9-13(20(21)22)10-17(12)26(23,24)19-15-11-18(2,3)25-16-7-5-4-6-14(15)16/h4-10,15,19H,11H2,1-3H3/t15-/m1/s1. The van der Waals surface area contributed by atoms with E-state index in [-0.39, 0.29) is 10.6 Å². The lowest BCUT2D eigenvalue weighted by Crippen LogP contribution is -2.41. The molecule has 0 unspecified atom stereocenters. The van der Waals surface area contributed by atoms with Crippen LogP contribution in [0.4, 0.5) is 5.69 Å². The molecule has 0 saturated heterocycles. The number of para-hydroxylation sites is 1. The highest BCUT2D eigenvalue weighted by Gasteiger charge is 2.36. The molecule has 0 bridgehead atoms. The Morgan fingerprint density at radius 1 is 1.23 bits per heavy atom. The molecule has 0 radical (unpaired) electrons. The molecule has 1 aliphatic rings. The lowest BCUT2D eigenvalue weighted by molar-refractivity contribution is -0.385. The smallest absolute Gasteiger partial charge is 0.270 e. The predicted octanol–water partition coefficient (Wildman–Crippen LogP) is 3.48. The third-order valence-electron chi connectivity index (χ3n) is 4.35. The van der Waals surface area contributed by atoms with E-state index in [1.165, 1.54) is 12.1 Å². The molecule has 0 amide bonds. The highest BCUT2D eigenvalue weighted by Crippen LogP contribution is 2.40. The Bertz CT molecular complexity index is 969.